The van der Waals surface area contributed by atoms with E-state index in [9.17, 15) is 9.18 Å². The van der Waals surface area contributed by atoms with Crippen LogP contribution in [0.5, 0.6) is 0 Å². The number of carbonyl (C=O) groups is 1. The van der Waals surface area contributed by atoms with Crippen LogP contribution in [0, 0.1) is 26.6 Å². The second-order valence-corrected chi connectivity index (χ2v) is 7.26. The van der Waals surface area contributed by atoms with E-state index in [2.05, 4.69) is 21.5 Å². The largest absolute Gasteiger partial charge is 0.317 e. The van der Waals surface area contributed by atoms with Gasteiger partial charge in [-0.1, -0.05) is 53.6 Å². The number of para-hydroxylation sites is 1. The third kappa shape index (κ3) is 3.85. The van der Waals surface area contributed by atoms with Crippen molar-refractivity contribution in [2.45, 2.75) is 20.8 Å². The quantitative estimate of drug-likeness (QED) is 0.509. The van der Waals surface area contributed by atoms with Crippen molar-refractivity contribution < 1.29 is 9.18 Å². The molecule has 0 unspecified atom stereocenters. The highest BCUT2D eigenvalue weighted by molar-refractivity contribution is 6.01. The van der Waals surface area contributed by atoms with Gasteiger partial charge in [0.05, 0.1) is 11.4 Å². The van der Waals surface area contributed by atoms with Crippen molar-refractivity contribution in [3.05, 3.63) is 95.1 Å². The third-order valence-corrected chi connectivity index (χ3v) is 4.79. The van der Waals surface area contributed by atoms with Crippen molar-refractivity contribution in [1.29, 1.82) is 0 Å². The molecule has 0 atom stereocenters. The first kappa shape index (κ1) is 19.5. The van der Waals surface area contributed by atoms with Gasteiger partial charge in [0.25, 0.3) is 5.91 Å². The number of rotatable bonds is 4. The third-order valence-electron chi connectivity index (χ3n) is 4.79. The highest BCUT2D eigenvalue weighted by Gasteiger charge is 2.20. The molecule has 0 aliphatic heterocycles. The molecule has 0 aliphatic rings. The highest BCUT2D eigenvalue weighted by atomic mass is 19.1. The molecular weight excluding hydrogens is 379 g/mol. The lowest BCUT2D eigenvalue weighted by Crippen LogP contribution is -2.15. The first-order valence-corrected chi connectivity index (χ1v) is 9.60. The molecular formula is C24H21FN4O. The van der Waals surface area contributed by atoms with Crippen LogP contribution in [0.15, 0.2) is 66.7 Å². The van der Waals surface area contributed by atoms with Crippen molar-refractivity contribution in [3.63, 3.8) is 0 Å². The van der Waals surface area contributed by atoms with Gasteiger partial charge in [-0.2, -0.15) is 0 Å². The molecule has 0 radical (unpaired) electrons. The van der Waals surface area contributed by atoms with Crippen molar-refractivity contribution in [2.75, 3.05) is 5.32 Å². The molecule has 1 heterocycles. The molecule has 1 aromatic heterocycles. The summed E-state index contributed by atoms with van der Waals surface area (Å²) in [6, 6.07) is 19.8. The Balaban J connectivity index is 1.81. The van der Waals surface area contributed by atoms with Gasteiger partial charge < -0.3 is 5.32 Å². The van der Waals surface area contributed by atoms with E-state index < -0.39 is 11.7 Å². The summed E-state index contributed by atoms with van der Waals surface area (Å²) in [6.45, 7) is 6.00. The molecule has 4 rings (SSSR count). The molecule has 150 valence electrons. The number of halogens is 1. The summed E-state index contributed by atoms with van der Waals surface area (Å²) in [4.78, 5) is 17.3. The average molecular weight is 400 g/mol. The molecule has 30 heavy (non-hydrogen) atoms. The van der Waals surface area contributed by atoms with E-state index in [4.69, 9.17) is 0 Å². The summed E-state index contributed by atoms with van der Waals surface area (Å²) in [5.41, 5.74) is 4.96. The van der Waals surface area contributed by atoms with E-state index >= 15 is 0 Å². The molecule has 3 aromatic carbocycles. The zero-order valence-corrected chi connectivity index (χ0v) is 17.0. The first-order chi connectivity index (χ1) is 14.4. The number of benzene rings is 3. The maximum Gasteiger partial charge on any atom is 0.295 e. The number of anilines is 1. The normalized spacial score (nSPS) is 10.8. The van der Waals surface area contributed by atoms with Crippen molar-refractivity contribution in [1.82, 2.24) is 14.8 Å². The molecule has 0 aliphatic carbocycles. The summed E-state index contributed by atoms with van der Waals surface area (Å²) in [6.07, 6.45) is 0. The van der Waals surface area contributed by atoms with Crippen LogP contribution in [0.4, 0.5) is 10.1 Å². The van der Waals surface area contributed by atoms with Crippen LogP contribution >= 0.6 is 0 Å². The smallest absolute Gasteiger partial charge is 0.295 e. The van der Waals surface area contributed by atoms with E-state index in [-0.39, 0.29) is 11.5 Å². The zero-order chi connectivity index (χ0) is 21.3. The van der Waals surface area contributed by atoms with Crippen molar-refractivity contribution in [3.8, 4) is 17.1 Å². The van der Waals surface area contributed by atoms with E-state index in [0.717, 1.165) is 27.9 Å². The average Bonchev–Trinajstić information content (AvgIpc) is 3.15. The SMILES string of the molecule is Cc1cccc(-c2nc(C(=O)Nc3ccccc3F)nn2-c2ccc(C)cc2C)c1. The maximum absolute atomic E-state index is 14.0. The molecule has 6 heteroatoms. The predicted octanol–water partition coefficient (Wildman–Crippen LogP) is 5.25. The Morgan fingerprint density at radius 3 is 2.43 bits per heavy atom. The molecule has 0 saturated carbocycles. The lowest BCUT2D eigenvalue weighted by atomic mass is 10.1. The van der Waals surface area contributed by atoms with Gasteiger partial charge >= 0.3 is 0 Å². The van der Waals surface area contributed by atoms with Gasteiger partial charge in [-0.05, 0) is 50.6 Å². The van der Waals surface area contributed by atoms with Gasteiger partial charge in [0.15, 0.2) is 5.82 Å². The van der Waals surface area contributed by atoms with Crippen LogP contribution in [-0.4, -0.2) is 20.7 Å². The number of aromatic nitrogens is 3. The van der Waals surface area contributed by atoms with Crippen LogP contribution in [-0.2, 0) is 0 Å². The van der Waals surface area contributed by atoms with Crippen molar-refractivity contribution in [2.24, 2.45) is 0 Å². The molecule has 0 fully saturated rings. The fraction of sp³-hybridized carbons (Fsp3) is 0.125. The zero-order valence-electron chi connectivity index (χ0n) is 17.0. The number of aryl methyl sites for hydroxylation is 3. The summed E-state index contributed by atoms with van der Waals surface area (Å²) in [5.74, 6) is -0.574. The van der Waals surface area contributed by atoms with Gasteiger partial charge in [0.1, 0.15) is 5.82 Å². The van der Waals surface area contributed by atoms with Gasteiger partial charge in [0.2, 0.25) is 5.82 Å². The molecule has 0 spiro atoms. The van der Waals surface area contributed by atoms with Crippen LogP contribution in [0.2, 0.25) is 0 Å². The van der Waals surface area contributed by atoms with Crippen LogP contribution in [0.3, 0.4) is 0 Å². The standard InChI is InChI=1S/C24H21FN4O/c1-15-7-6-8-18(14-15)23-27-22(24(30)26-20-10-5-4-9-19(20)25)28-29(23)21-12-11-16(2)13-17(21)3/h4-14H,1-3H3,(H,26,30). The second-order valence-electron chi connectivity index (χ2n) is 7.26. The Kier molecular flexibility index (Phi) is 5.14. The number of amides is 1. The number of hydrogen-bond acceptors (Lipinski definition) is 3. The predicted molar refractivity (Wildman–Crippen MR) is 115 cm³/mol. The Morgan fingerprint density at radius 1 is 0.933 bits per heavy atom. The second kappa shape index (κ2) is 7.91. The Morgan fingerprint density at radius 2 is 1.70 bits per heavy atom. The van der Waals surface area contributed by atoms with Crippen molar-refractivity contribution >= 4 is 11.6 Å². The topological polar surface area (TPSA) is 59.8 Å². The van der Waals surface area contributed by atoms with Gasteiger partial charge in [0, 0.05) is 5.56 Å². The molecule has 0 saturated heterocycles. The Labute approximate surface area is 174 Å². The lowest BCUT2D eigenvalue weighted by Gasteiger charge is -2.10. The van der Waals surface area contributed by atoms with Gasteiger partial charge in [-0.3, -0.25) is 4.79 Å². The van der Waals surface area contributed by atoms with E-state index in [0.29, 0.717) is 5.82 Å². The highest BCUT2D eigenvalue weighted by Crippen LogP contribution is 2.25. The number of carbonyl (C=O) groups excluding carboxylic acids is 1. The summed E-state index contributed by atoms with van der Waals surface area (Å²) in [7, 11) is 0. The minimum Gasteiger partial charge on any atom is -0.317 e. The first-order valence-electron chi connectivity index (χ1n) is 9.60. The van der Waals surface area contributed by atoms with E-state index in [1.807, 2.05) is 57.2 Å². The summed E-state index contributed by atoms with van der Waals surface area (Å²) in [5, 5.41) is 7.03. The molecule has 1 N–H and O–H groups in total. The maximum atomic E-state index is 14.0. The lowest BCUT2D eigenvalue weighted by molar-refractivity contribution is 0.101. The minimum atomic E-state index is -0.572. The van der Waals surface area contributed by atoms with Crippen LogP contribution in [0.1, 0.15) is 27.3 Å². The Bertz CT molecular complexity index is 1250. The Hall–Kier alpha value is -3.80. The molecule has 1 amide bonds. The number of nitrogens with one attached hydrogen (secondary N) is 1. The van der Waals surface area contributed by atoms with Gasteiger partial charge in [-0.15, -0.1) is 5.10 Å². The molecule has 5 nitrogen and oxygen atoms in total. The van der Waals surface area contributed by atoms with E-state index in [1.165, 1.54) is 12.1 Å². The minimum absolute atomic E-state index is 0.0327. The fourth-order valence-electron chi connectivity index (χ4n) is 3.33. The molecule has 0 bridgehead atoms. The summed E-state index contributed by atoms with van der Waals surface area (Å²) < 4.78 is 15.6. The fourth-order valence-corrected chi connectivity index (χ4v) is 3.33. The van der Waals surface area contributed by atoms with Gasteiger partial charge in [-0.25, -0.2) is 14.1 Å². The van der Waals surface area contributed by atoms with E-state index in [1.54, 1.807) is 16.8 Å². The summed E-state index contributed by atoms with van der Waals surface area (Å²) >= 11 is 0. The van der Waals surface area contributed by atoms with Crippen LogP contribution < -0.4 is 5.32 Å². The number of hydrogen-bond donors (Lipinski definition) is 1. The molecule has 4 aromatic rings. The number of nitrogens with zero attached hydrogens (tertiary/aromatic N) is 3. The monoisotopic (exact) mass is 400 g/mol. The van der Waals surface area contributed by atoms with Crippen LogP contribution in [0.25, 0.3) is 17.1 Å².